The second-order valence-corrected chi connectivity index (χ2v) is 7.39. The fourth-order valence-corrected chi connectivity index (χ4v) is 3.34. The lowest BCUT2D eigenvalue weighted by Gasteiger charge is -2.19. The Morgan fingerprint density at radius 3 is 2.48 bits per heavy atom. The minimum atomic E-state index is -0.586. The fourth-order valence-electron chi connectivity index (χ4n) is 2.13. The molecule has 1 aromatic carbocycles. The van der Waals surface area contributed by atoms with Gasteiger partial charge in [-0.05, 0) is 70.6 Å². The molecule has 0 amide bonds. The van der Waals surface area contributed by atoms with Gasteiger partial charge in [0.1, 0.15) is 11.6 Å². The molecule has 1 heterocycles. The third-order valence-corrected chi connectivity index (χ3v) is 4.76. The number of halogens is 3. The predicted octanol–water partition coefficient (Wildman–Crippen LogP) is 4.31. The van der Waals surface area contributed by atoms with E-state index in [9.17, 15) is 8.78 Å². The van der Waals surface area contributed by atoms with Crippen molar-refractivity contribution in [1.82, 2.24) is 4.90 Å². The highest BCUT2D eigenvalue weighted by molar-refractivity contribution is 9.11. The summed E-state index contributed by atoms with van der Waals surface area (Å²) in [4.78, 5) is 2.14. The molecule has 0 aliphatic heterocycles. The zero-order valence-corrected chi connectivity index (χ0v) is 14.1. The molecular weight excluding hydrogens is 358 g/mol. The molecule has 0 saturated heterocycles. The first kappa shape index (κ1) is 16.5. The van der Waals surface area contributed by atoms with Gasteiger partial charge in [0.15, 0.2) is 0 Å². The van der Waals surface area contributed by atoms with Crippen molar-refractivity contribution in [2.24, 2.45) is 5.73 Å². The first-order valence-electron chi connectivity index (χ1n) is 6.57. The van der Waals surface area contributed by atoms with Gasteiger partial charge in [-0.3, -0.25) is 0 Å². The lowest BCUT2D eigenvalue weighted by molar-refractivity contribution is 0.311. The van der Waals surface area contributed by atoms with Crippen molar-refractivity contribution in [3.63, 3.8) is 0 Å². The molecule has 0 radical (unpaired) electrons. The van der Waals surface area contributed by atoms with E-state index in [0.717, 1.165) is 22.9 Å². The van der Waals surface area contributed by atoms with Gasteiger partial charge in [0.25, 0.3) is 0 Å². The Hall–Kier alpha value is -0.820. The molecule has 0 aliphatic carbocycles. The third-order valence-electron chi connectivity index (χ3n) is 3.21. The molecular formula is C15H17BrF2N2S. The van der Waals surface area contributed by atoms with E-state index in [0.29, 0.717) is 12.0 Å². The van der Waals surface area contributed by atoms with Crippen molar-refractivity contribution in [3.8, 4) is 0 Å². The second-order valence-electron chi connectivity index (χ2n) is 5.09. The van der Waals surface area contributed by atoms with E-state index in [2.05, 4.69) is 32.3 Å². The Kier molecular flexibility index (Phi) is 5.87. The average Bonchev–Trinajstić information content (AvgIpc) is 2.80. The largest absolute Gasteiger partial charge is 0.324 e. The van der Waals surface area contributed by atoms with E-state index in [1.165, 1.54) is 17.7 Å². The fraction of sp³-hybridized carbons (Fsp3) is 0.333. The molecule has 0 saturated carbocycles. The summed E-state index contributed by atoms with van der Waals surface area (Å²) in [5, 5.41) is 2.10. The number of thiophene rings is 1. The Morgan fingerprint density at radius 1 is 1.24 bits per heavy atom. The molecule has 2 nitrogen and oxygen atoms in total. The van der Waals surface area contributed by atoms with Gasteiger partial charge in [-0.2, -0.15) is 0 Å². The van der Waals surface area contributed by atoms with E-state index in [-0.39, 0.29) is 6.04 Å². The molecule has 2 rings (SSSR count). The van der Waals surface area contributed by atoms with E-state index < -0.39 is 11.6 Å². The normalized spacial score (nSPS) is 12.9. The maximum Gasteiger partial charge on any atom is 0.126 e. The van der Waals surface area contributed by atoms with Crippen molar-refractivity contribution < 1.29 is 8.78 Å². The Balaban J connectivity index is 1.86. The SMILES string of the molecule is CN(CCC(N)c1cc(F)cc(F)c1)Cc1csc(Br)c1. The maximum atomic E-state index is 13.2. The number of hydrogen-bond acceptors (Lipinski definition) is 3. The van der Waals surface area contributed by atoms with Gasteiger partial charge in [-0.25, -0.2) is 8.78 Å². The van der Waals surface area contributed by atoms with Gasteiger partial charge < -0.3 is 10.6 Å². The molecule has 0 aliphatic rings. The minimum absolute atomic E-state index is 0.369. The van der Waals surface area contributed by atoms with Gasteiger partial charge in [0.05, 0.1) is 3.79 Å². The van der Waals surface area contributed by atoms with Crippen LogP contribution in [-0.4, -0.2) is 18.5 Å². The van der Waals surface area contributed by atoms with Gasteiger partial charge in [-0.1, -0.05) is 0 Å². The van der Waals surface area contributed by atoms with E-state index >= 15 is 0 Å². The molecule has 0 bridgehead atoms. The monoisotopic (exact) mass is 374 g/mol. The van der Waals surface area contributed by atoms with Crippen molar-refractivity contribution >= 4 is 27.3 Å². The number of rotatable bonds is 6. The lowest BCUT2D eigenvalue weighted by Crippen LogP contribution is -2.23. The molecule has 21 heavy (non-hydrogen) atoms. The average molecular weight is 375 g/mol. The van der Waals surface area contributed by atoms with E-state index in [4.69, 9.17) is 5.73 Å². The molecule has 1 atom stereocenters. The van der Waals surface area contributed by atoms with Crippen LogP contribution in [0.4, 0.5) is 8.78 Å². The van der Waals surface area contributed by atoms with Crippen molar-refractivity contribution in [1.29, 1.82) is 0 Å². The molecule has 2 N–H and O–H groups in total. The quantitative estimate of drug-likeness (QED) is 0.815. The summed E-state index contributed by atoms with van der Waals surface area (Å²) in [5.74, 6) is -1.17. The van der Waals surface area contributed by atoms with Crippen LogP contribution in [0, 0.1) is 11.6 Å². The second kappa shape index (κ2) is 7.45. The highest BCUT2D eigenvalue weighted by atomic mass is 79.9. The Bertz CT molecular complexity index is 583. The van der Waals surface area contributed by atoms with Crippen LogP contribution in [0.5, 0.6) is 0 Å². The first-order chi connectivity index (χ1) is 9.94. The van der Waals surface area contributed by atoms with Gasteiger partial charge in [0.2, 0.25) is 0 Å². The summed E-state index contributed by atoms with van der Waals surface area (Å²) in [6.45, 7) is 1.58. The number of hydrogen-bond donors (Lipinski definition) is 1. The molecule has 1 aromatic heterocycles. The first-order valence-corrected chi connectivity index (χ1v) is 8.24. The lowest BCUT2D eigenvalue weighted by atomic mass is 10.0. The zero-order chi connectivity index (χ0) is 15.4. The predicted molar refractivity (Wildman–Crippen MR) is 86.3 cm³/mol. The van der Waals surface area contributed by atoms with Crippen LogP contribution in [0.25, 0.3) is 0 Å². The minimum Gasteiger partial charge on any atom is -0.324 e. The zero-order valence-electron chi connectivity index (χ0n) is 11.7. The summed E-state index contributed by atoms with van der Waals surface area (Å²) >= 11 is 5.09. The van der Waals surface area contributed by atoms with Crippen molar-refractivity contribution in [2.45, 2.75) is 19.0 Å². The summed E-state index contributed by atoms with van der Waals surface area (Å²) in [5.41, 5.74) is 7.75. The van der Waals surface area contributed by atoms with Gasteiger partial charge in [-0.15, -0.1) is 11.3 Å². The standard InChI is InChI=1S/C15H17BrF2N2S/c1-20(8-10-4-15(16)21-9-10)3-2-14(19)11-5-12(17)7-13(18)6-11/h4-7,9,14H,2-3,8,19H2,1H3. The Morgan fingerprint density at radius 2 is 1.90 bits per heavy atom. The van der Waals surface area contributed by atoms with Crippen LogP contribution >= 0.6 is 27.3 Å². The third kappa shape index (κ3) is 5.14. The molecule has 0 spiro atoms. The summed E-state index contributed by atoms with van der Waals surface area (Å²) in [6, 6.07) is 5.17. The van der Waals surface area contributed by atoms with Gasteiger partial charge >= 0.3 is 0 Å². The van der Waals surface area contributed by atoms with Crippen LogP contribution in [0.15, 0.2) is 33.4 Å². The number of nitrogens with zero attached hydrogens (tertiary/aromatic N) is 1. The number of benzene rings is 1. The molecule has 1 unspecified atom stereocenters. The summed E-state index contributed by atoms with van der Waals surface area (Å²) < 4.78 is 27.4. The van der Waals surface area contributed by atoms with Crippen molar-refractivity contribution in [3.05, 3.63) is 56.2 Å². The maximum absolute atomic E-state index is 13.2. The van der Waals surface area contributed by atoms with Crippen molar-refractivity contribution in [2.75, 3.05) is 13.6 Å². The van der Waals surface area contributed by atoms with Crippen LogP contribution in [0.3, 0.4) is 0 Å². The summed E-state index contributed by atoms with van der Waals surface area (Å²) in [6.07, 6.45) is 0.644. The topological polar surface area (TPSA) is 29.3 Å². The molecule has 0 fully saturated rings. The highest BCUT2D eigenvalue weighted by Gasteiger charge is 2.11. The van der Waals surface area contributed by atoms with Crippen LogP contribution in [0.1, 0.15) is 23.6 Å². The summed E-state index contributed by atoms with van der Waals surface area (Å²) in [7, 11) is 2.00. The van der Waals surface area contributed by atoms with Crippen LogP contribution < -0.4 is 5.73 Å². The van der Waals surface area contributed by atoms with Gasteiger partial charge in [0, 0.05) is 18.7 Å². The van der Waals surface area contributed by atoms with E-state index in [1.807, 2.05) is 7.05 Å². The molecule has 114 valence electrons. The highest BCUT2D eigenvalue weighted by Crippen LogP contribution is 2.22. The smallest absolute Gasteiger partial charge is 0.126 e. The molecule has 2 aromatic rings. The van der Waals surface area contributed by atoms with Crippen LogP contribution in [0.2, 0.25) is 0 Å². The molecule has 6 heteroatoms. The number of nitrogens with two attached hydrogens (primary N) is 1. The van der Waals surface area contributed by atoms with E-state index in [1.54, 1.807) is 11.3 Å². The Labute approximate surface area is 135 Å². The van der Waals surface area contributed by atoms with Crippen LogP contribution in [-0.2, 0) is 6.54 Å².